The molecule has 1 aromatic heterocycles. The molecule has 1 aliphatic carbocycles. The Morgan fingerprint density at radius 3 is 2.91 bits per heavy atom. The average molecular weight is 299 g/mol. The highest BCUT2D eigenvalue weighted by Gasteiger charge is 2.14. The SMILES string of the molecule is O=C(CCc1nc2ccccc2[nH]1)NCCCC1CCCC1. The predicted molar refractivity (Wildman–Crippen MR) is 88.6 cm³/mol. The first-order chi connectivity index (χ1) is 10.8. The van der Waals surface area contributed by atoms with Crippen molar-refractivity contribution >= 4 is 16.9 Å². The van der Waals surface area contributed by atoms with E-state index >= 15 is 0 Å². The zero-order chi connectivity index (χ0) is 15.2. The lowest BCUT2D eigenvalue weighted by molar-refractivity contribution is -0.121. The molecule has 1 saturated carbocycles. The molecule has 1 fully saturated rings. The number of hydrogen-bond acceptors (Lipinski definition) is 2. The van der Waals surface area contributed by atoms with E-state index in [4.69, 9.17) is 0 Å². The van der Waals surface area contributed by atoms with Gasteiger partial charge in [0.25, 0.3) is 0 Å². The van der Waals surface area contributed by atoms with Gasteiger partial charge in [0.05, 0.1) is 11.0 Å². The van der Waals surface area contributed by atoms with Crippen molar-refractivity contribution in [2.75, 3.05) is 6.54 Å². The van der Waals surface area contributed by atoms with Crippen molar-refractivity contribution in [2.45, 2.75) is 51.4 Å². The summed E-state index contributed by atoms with van der Waals surface area (Å²) < 4.78 is 0. The molecule has 2 N–H and O–H groups in total. The van der Waals surface area contributed by atoms with Crippen LogP contribution < -0.4 is 5.32 Å². The van der Waals surface area contributed by atoms with Crippen molar-refractivity contribution in [2.24, 2.45) is 5.92 Å². The van der Waals surface area contributed by atoms with Crippen molar-refractivity contribution in [3.63, 3.8) is 0 Å². The number of carbonyl (C=O) groups is 1. The molecule has 1 aromatic carbocycles. The van der Waals surface area contributed by atoms with Crippen LogP contribution in [0.2, 0.25) is 0 Å². The first-order valence-corrected chi connectivity index (χ1v) is 8.51. The number of imidazole rings is 1. The first-order valence-electron chi connectivity index (χ1n) is 8.51. The van der Waals surface area contributed by atoms with E-state index in [-0.39, 0.29) is 5.91 Å². The van der Waals surface area contributed by atoms with E-state index < -0.39 is 0 Å². The molecule has 0 atom stereocenters. The minimum atomic E-state index is 0.131. The highest BCUT2D eigenvalue weighted by Crippen LogP contribution is 2.28. The summed E-state index contributed by atoms with van der Waals surface area (Å²) in [6.45, 7) is 0.815. The van der Waals surface area contributed by atoms with Crippen LogP contribution in [-0.2, 0) is 11.2 Å². The summed E-state index contributed by atoms with van der Waals surface area (Å²) >= 11 is 0. The quantitative estimate of drug-likeness (QED) is 0.768. The van der Waals surface area contributed by atoms with Gasteiger partial charge in [0, 0.05) is 19.4 Å². The maximum Gasteiger partial charge on any atom is 0.220 e. The number of benzene rings is 1. The fourth-order valence-corrected chi connectivity index (χ4v) is 3.36. The number of aryl methyl sites for hydroxylation is 1. The summed E-state index contributed by atoms with van der Waals surface area (Å²) in [6.07, 6.45) is 9.13. The topological polar surface area (TPSA) is 57.8 Å². The molecule has 1 heterocycles. The van der Waals surface area contributed by atoms with E-state index in [1.54, 1.807) is 0 Å². The number of fused-ring (bicyclic) bond motifs is 1. The van der Waals surface area contributed by atoms with Crippen LogP contribution in [-0.4, -0.2) is 22.4 Å². The number of aromatic amines is 1. The third kappa shape index (κ3) is 4.09. The van der Waals surface area contributed by atoms with Crippen LogP contribution in [0, 0.1) is 5.92 Å². The maximum atomic E-state index is 11.9. The Hall–Kier alpha value is -1.84. The van der Waals surface area contributed by atoms with Gasteiger partial charge in [-0.3, -0.25) is 4.79 Å². The zero-order valence-corrected chi connectivity index (χ0v) is 13.1. The number of rotatable bonds is 7. The molecule has 22 heavy (non-hydrogen) atoms. The molecule has 0 unspecified atom stereocenters. The molecule has 4 heteroatoms. The zero-order valence-electron chi connectivity index (χ0n) is 13.1. The Morgan fingerprint density at radius 1 is 1.27 bits per heavy atom. The molecule has 1 amide bonds. The molecule has 0 aliphatic heterocycles. The molecular weight excluding hydrogens is 274 g/mol. The second-order valence-electron chi connectivity index (χ2n) is 6.34. The normalized spacial score (nSPS) is 15.5. The van der Waals surface area contributed by atoms with Gasteiger partial charge < -0.3 is 10.3 Å². The van der Waals surface area contributed by atoms with Gasteiger partial charge in [0.15, 0.2) is 0 Å². The fraction of sp³-hybridized carbons (Fsp3) is 0.556. The van der Waals surface area contributed by atoms with Gasteiger partial charge in [-0.15, -0.1) is 0 Å². The summed E-state index contributed by atoms with van der Waals surface area (Å²) in [6, 6.07) is 7.96. The Kier molecular flexibility index (Phi) is 5.09. The number of nitrogens with zero attached hydrogens (tertiary/aromatic N) is 1. The van der Waals surface area contributed by atoms with Gasteiger partial charge >= 0.3 is 0 Å². The predicted octanol–water partition coefficient (Wildman–Crippen LogP) is 3.58. The first kappa shape index (κ1) is 15.1. The van der Waals surface area contributed by atoms with Crippen molar-refractivity contribution in [3.8, 4) is 0 Å². The van der Waals surface area contributed by atoms with E-state index in [0.717, 1.165) is 35.7 Å². The van der Waals surface area contributed by atoms with Crippen molar-refractivity contribution in [1.29, 1.82) is 0 Å². The fourth-order valence-electron chi connectivity index (χ4n) is 3.36. The number of amides is 1. The van der Waals surface area contributed by atoms with Crippen LogP contribution in [0.5, 0.6) is 0 Å². The molecule has 2 aromatic rings. The molecule has 3 rings (SSSR count). The summed E-state index contributed by atoms with van der Waals surface area (Å²) in [7, 11) is 0. The van der Waals surface area contributed by atoms with Crippen LogP contribution in [0.15, 0.2) is 24.3 Å². The van der Waals surface area contributed by atoms with E-state index in [2.05, 4.69) is 15.3 Å². The number of carbonyl (C=O) groups excluding carboxylic acids is 1. The summed E-state index contributed by atoms with van der Waals surface area (Å²) in [5.74, 6) is 1.93. The minimum absolute atomic E-state index is 0.131. The molecule has 0 spiro atoms. The van der Waals surface area contributed by atoms with E-state index in [1.165, 1.54) is 32.1 Å². The Morgan fingerprint density at radius 2 is 2.09 bits per heavy atom. The smallest absolute Gasteiger partial charge is 0.220 e. The number of para-hydroxylation sites is 2. The van der Waals surface area contributed by atoms with Gasteiger partial charge in [-0.25, -0.2) is 4.98 Å². The number of aromatic nitrogens is 2. The second kappa shape index (κ2) is 7.43. The van der Waals surface area contributed by atoms with Crippen molar-refractivity contribution in [3.05, 3.63) is 30.1 Å². The van der Waals surface area contributed by atoms with Gasteiger partial charge in [0.1, 0.15) is 5.82 Å². The summed E-state index contributed by atoms with van der Waals surface area (Å²) in [5, 5.41) is 3.03. The highest BCUT2D eigenvalue weighted by atomic mass is 16.1. The third-order valence-electron chi connectivity index (χ3n) is 4.61. The maximum absolute atomic E-state index is 11.9. The van der Waals surface area contributed by atoms with Crippen molar-refractivity contribution in [1.82, 2.24) is 15.3 Å². The Labute approximate surface area is 131 Å². The van der Waals surface area contributed by atoms with Crippen LogP contribution in [0.1, 0.15) is 50.8 Å². The molecule has 0 saturated heterocycles. The van der Waals surface area contributed by atoms with Crippen LogP contribution in [0.25, 0.3) is 11.0 Å². The lowest BCUT2D eigenvalue weighted by atomic mass is 10.0. The molecule has 0 radical (unpaired) electrons. The summed E-state index contributed by atoms with van der Waals surface area (Å²) in [4.78, 5) is 19.6. The van der Waals surface area contributed by atoms with Crippen molar-refractivity contribution < 1.29 is 4.79 Å². The second-order valence-corrected chi connectivity index (χ2v) is 6.34. The minimum Gasteiger partial charge on any atom is -0.356 e. The third-order valence-corrected chi connectivity index (χ3v) is 4.61. The van der Waals surface area contributed by atoms with Crippen LogP contribution in [0.4, 0.5) is 0 Å². The molecule has 1 aliphatic rings. The number of hydrogen-bond donors (Lipinski definition) is 2. The van der Waals surface area contributed by atoms with E-state index in [1.807, 2.05) is 24.3 Å². The Bertz CT molecular complexity index is 581. The molecular formula is C18H25N3O. The van der Waals surface area contributed by atoms with Gasteiger partial charge in [-0.1, -0.05) is 37.8 Å². The summed E-state index contributed by atoms with van der Waals surface area (Å²) in [5.41, 5.74) is 2.00. The van der Waals surface area contributed by atoms with Gasteiger partial charge in [0.2, 0.25) is 5.91 Å². The van der Waals surface area contributed by atoms with E-state index in [9.17, 15) is 4.79 Å². The molecule has 4 nitrogen and oxygen atoms in total. The van der Waals surface area contributed by atoms with Gasteiger partial charge in [-0.2, -0.15) is 0 Å². The largest absolute Gasteiger partial charge is 0.356 e. The van der Waals surface area contributed by atoms with E-state index in [0.29, 0.717) is 12.8 Å². The van der Waals surface area contributed by atoms with Crippen LogP contribution in [0.3, 0.4) is 0 Å². The number of H-pyrrole nitrogens is 1. The standard InChI is InChI=1S/C18H25N3O/c22-18(19-13-5-8-14-6-1-2-7-14)12-11-17-20-15-9-3-4-10-16(15)21-17/h3-4,9-10,14H,1-2,5-8,11-13H2,(H,19,22)(H,20,21). The molecule has 118 valence electrons. The monoisotopic (exact) mass is 299 g/mol. The molecule has 0 bridgehead atoms. The van der Waals surface area contributed by atoms with Gasteiger partial charge in [-0.05, 0) is 30.9 Å². The lowest BCUT2D eigenvalue weighted by Crippen LogP contribution is -2.25. The average Bonchev–Trinajstić information content (AvgIpc) is 3.18. The highest BCUT2D eigenvalue weighted by molar-refractivity contribution is 5.77. The number of nitrogens with one attached hydrogen (secondary N) is 2. The Balaban J connectivity index is 1.35. The lowest BCUT2D eigenvalue weighted by Gasteiger charge is -2.09. The van der Waals surface area contributed by atoms with Crippen LogP contribution >= 0.6 is 0 Å².